The van der Waals surface area contributed by atoms with Crippen LogP contribution in [0.15, 0.2) is 0 Å². The first-order chi connectivity index (χ1) is 6.68. The van der Waals surface area contributed by atoms with Crippen LogP contribution in [0.5, 0.6) is 0 Å². The lowest BCUT2D eigenvalue weighted by atomic mass is 10.1. The maximum absolute atomic E-state index is 3.57. The van der Waals surface area contributed by atoms with E-state index in [1.54, 1.807) is 0 Å². The van der Waals surface area contributed by atoms with Crippen molar-refractivity contribution in [2.45, 2.75) is 52.5 Å². The fourth-order valence-electron chi connectivity index (χ4n) is 1.29. The summed E-state index contributed by atoms with van der Waals surface area (Å²) in [4.78, 5) is 0. The molecule has 0 aliphatic carbocycles. The van der Waals surface area contributed by atoms with Crippen LogP contribution in [-0.4, -0.2) is 24.6 Å². The lowest BCUT2D eigenvalue weighted by Gasteiger charge is -2.17. The Kier molecular flexibility index (Phi) is 10.1. The van der Waals surface area contributed by atoms with Gasteiger partial charge in [0.05, 0.1) is 0 Å². The molecule has 0 aliphatic heterocycles. The Morgan fingerprint density at radius 3 is 2.21 bits per heavy atom. The van der Waals surface area contributed by atoms with Crippen LogP contribution in [0.4, 0.5) is 0 Å². The topological polar surface area (TPSA) is 12.0 Å². The summed E-state index contributed by atoms with van der Waals surface area (Å²) in [5.41, 5.74) is 0. The molecule has 0 radical (unpaired) electrons. The standard InChI is InChI=1S/C12H27NS/c1-11(2)12(3)13-9-7-5-6-8-10-14-4/h11-13H,5-10H2,1-4H3. The summed E-state index contributed by atoms with van der Waals surface area (Å²) in [7, 11) is 0. The van der Waals surface area contributed by atoms with E-state index in [-0.39, 0.29) is 0 Å². The van der Waals surface area contributed by atoms with Crippen molar-refractivity contribution in [3.05, 3.63) is 0 Å². The summed E-state index contributed by atoms with van der Waals surface area (Å²) in [5, 5.41) is 3.57. The molecule has 0 aromatic heterocycles. The highest BCUT2D eigenvalue weighted by Gasteiger charge is 2.04. The Hall–Kier alpha value is 0.310. The zero-order valence-electron chi connectivity index (χ0n) is 10.3. The molecule has 86 valence electrons. The van der Waals surface area contributed by atoms with Gasteiger partial charge in [-0.1, -0.05) is 26.7 Å². The monoisotopic (exact) mass is 217 g/mol. The van der Waals surface area contributed by atoms with Crippen LogP contribution < -0.4 is 5.32 Å². The summed E-state index contributed by atoms with van der Waals surface area (Å²) in [5.74, 6) is 2.09. The second-order valence-electron chi connectivity index (χ2n) is 4.39. The van der Waals surface area contributed by atoms with E-state index in [0.29, 0.717) is 6.04 Å². The largest absolute Gasteiger partial charge is 0.314 e. The Morgan fingerprint density at radius 1 is 1.00 bits per heavy atom. The molecule has 1 nitrogen and oxygen atoms in total. The molecular weight excluding hydrogens is 190 g/mol. The van der Waals surface area contributed by atoms with Crippen LogP contribution in [-0.2, 0) is 0 Å². The van der Waals surface area contributed by atoms with Crippen molar-refractivity contribution in [3.63, 3.8) is 0 Å². The van der Waals surface area contributed by atoms with Crippen LogP contribution >= 0.6 is 11.8 Å². The number of thioether (sulfide) groups is 1. The lowest BCUT2D eigenvalue weighted by Crippen LogP contribution is -2.31. The van der Waals surface area contributed by atoms with E-state index < -0.39 is 0 Å². The molecule has 0 amide bonds. The van der Waals surface area contributed by atoms with Crippen LogP contribution in [0.25, 0.3) is 0 Å². The third-order valence-corrected chi connectivity index (χ3v) is 3.44. The third-order valence-electron chi connectivity index (χ3n) is 2.74. The average Bonchev–Trinajstić information content (AvgIpc) is 2.16. The van der Waals surface area contributed by atoms with E-state index in [0.717, 1.165) is 5.92 Å². The van der Waals surface area contributed by atoms with Crippen molar-refractivity contribution in [2.24, 2.45) is 5.92 Å². The van der Waals surface area contributed by atoms with Gasteiger partial charge in [-0.2, -0.15) is 11.8 Å². The Bertz CT molecular complexity index is 115. The predicted octanol–water partition coefficient (Wildman–Crippen LogP) is 3.54. The molecule has 0 fully saturated rings. The molecule has 14 heavy (non-hydrogen) atoms. The van der Waals surface area contributed by atoms with E-state index in [2.05, 4.69) is 32.3 Å². The number of hydrogen-bond acceptors (Lipinski definition) is 2. The normalized spacial score (nSPS) is 13.5. The smallest absolute Gasteiger partial charge is 0.00617 e. The van der Waals surface area contributed by atoms with Gasteiger partial charge in [-0.15, -0.1) is 0 Å². The van der Waals surface area contributed by atoms with E-state index in [4.69, 9.17) is 0 Å². The van der Waals surface area contributed by atoms with E-state index in [1.807, 2.05) is 11.8 Å². The van der Waals surface area contributed by atoms with Gasteiger partial charge in [0.25, 0.3) is 0 Å². The van der Waals surface area contributed by atoms with Crippen LogP contribution in [0, 0.1) is 5.92 Å². The lowest BCUT2D eigenvalue weighted by molar-refractivity contribution is 0.420. The van der Waals surface area contributed by atoms with Gasteiger partial charge in [-0.3, -0.25) is 0 Å². The van der Waals surface area contributed by atoms with Crippen molar-refractivity contribution < 1.29 is 0 Å². The summed E-state index contributed by atoms with van der Waals surface area (Å²) in [6.45, 7) is 8.02. The average molecular weight is 217 g/mol. The fourth-order valence-corrected chi connectivity index (χ4v) is 1.78. The van der Waals surface area contributed by atoms with Crippen molar-refractivity contribution in [3.8, 4) is 0 Å². The highest BCUT2D eigenvalue weighted by atomic mass is 32.2. The molecule has 1 unspecified atom stereocenters. The van der Waals surface area contributed by atoms with E-state index in [9.17, 15) is 0 Å². The van der Waals surface area contributed by atoms with Gasteiger partial charge in [0, 0.05) is 6.04 Å². The summed E-state index contributed by atoms with van der Waals surface area (Å²) in [6.07, 6.45) is 7.70. The number of nitrogens with one attached hydrogen (secondary N) is 1. The number of rotatable bonds is 9. The van der Waals surface area contributed by atoms with Gasteiger partial charge >= 0.3 is 0 Å². The summed E-state index contributed by atoms with van der Waals surface area (Å²) < 4.78 is 0. The molecule has 0 spiro atoms. The highest BCUT2D eigenvalue weighted by Crippen LogP contribution is 2.05. The first kappa shape index (κ1) is 14.3. The van der Waals surface area contributed by atoms with Gasteiger partial charge in [-0.05, 0) is 44.2 Å². The molecule has 0 rings (SSSR count). The second kappa shape index (κ2) is 9.85. The van der Waals surface area contributed by atoms with E-state index in [1.165, 1.54) is 38.0 Å². The molecule has 2 heteroatoms. The molecule has 1 N–H and O–H groups in total. The maximum Gasteiger partial charge on any atom is 0.00617 e. The fraction of sp³-hybridized carbons (Fsp3) is 1.00. The van der Waals surface area contributed by atoms with Crippen LogP contribution in [0.1, 0.15) is 46.5 Å². The minimum atomic E-state index is 0.668. The van der Waals surface area contributed by atoms with Crippen LogP contribution in [0.2, 0.25) is 0 Å². The van der Waals surface area contributed by atoms with Crippen molar-refractivity contribution in [1.82, 2.24) is 5.32 Å². The summed E-state index contributed by atoms with van der Waals surface area (Å²) in [6, 6.07) is 0.668. The zero-order chi connectivity index (χ0) is 10.8. The minimum absolute atomic E-state index is 0.668. The Balaban J connectivity index is 3.06. The molecule has 1 atom stereocenters. The van der Waals surface area contributed by atoms with Gasteiger partial charge in [-0.25, -0.2) is 0 Å². The predicted molar refractivity (Wildman–Crippen MR) is 69.2 cm³/mol. The molecular formula is C12H27NS. The summed E-state index contributed by atoms with van der Waals surface area (Å²) >= 11 is 1.96. The Morgan fingerprint density at radius 2 is 1.64 bits per heavy atom. The third kappa shape index (κ3) is 8.89. The van der Waals surface area contributed by atoms with Gasteiger partial charge in [0.1, 0.15) is 0 Å². The maximum atomic E-state index is 3.57. The van der Waals surface area contributed by atoms with Crippen molar-refractivity contribution in [1.29, 1.82) is 0 Å². The van der Waals surface area contributed by atoms with Gasteiger partial charge < -0.3 is 5.32 Å². The molecule has 0 saturated carbocycles. The zero-order valence-corrected chi connectivity index (χ0v) is 11.1. The number of unbranched alkanes of at least 4 members (excludes halogenated alkanes) is 3. The highest BCUT2D eigenvalue weighted by molar-refractivity contribution is 7.98. The van der Waals surface area contributed by atoms with Crippen LogP contribution in [0.3, 0.4) is 0 Å². The SMILES string of the molecule is CSCCCCCCNC(C)C(C)C. The minimum Gasteiger partial charge on any atom is -0.314 e. The molecule has 0 aliphatic rings. The molecule has 0 saturated heterocycles. The van der Waals surface area contributed by atoms with Gasteiger partial charge in [0.2, 0.25) is 0 Å². The van der Waals surface area contributed by atoms with Crippen molar-refractivity contribution >= 4 is 11.8 Å². The van der Waals surface area contributed by atoms with Crippen molar-refractivity contribution in [2.75, 3.05) is 18.6 Å². The number of hydrogen-bond donors (Lipinski definition) is 1. The Labute approximate surface area is 94.4 Å². The second-order valence-corrected chi connectivity index (χ2v) is 5.38. The molecule has 0 aromatic carbocycles. The molecule has 0 heterocycles. The first-order valence-corrected chi connectivity index (χ1v) is 7.30. The quantitative estimate of drug-likeness (QED) is 0.593. The van der Waals surface area contributed by atoms with Gasteiger partial charge in [0.15, 0.2) is 0 Å². The van der Waals surface area contributed by atoms with E-state index >= 15 is 0 Å². The molecule has 0 bridgehead atoms. The first-order valence-electron chi connectivity index (χ1n) is 5.90. The molecule has 0 aromatic rings.